The van der Waals surface area contributed by atoms with Gasteiger partial charge >= 0.3 is 0 Å². The zero-order valence-corrected chi connectivity index (χ0v) is 15.1. The Kier molecular flexibility index (Phi) is 4.47. The largest absolute Gasteiger partial charge is 0.353 e. The Morgan fingerprint density at radius 2 is 1.65 bits per heavy atom. The highest BCUT2D eigenvalue weighted by atomic mass is 15.3. The number of hydrogen-bond donors (Lipinski definition) is 0. The third-order valence-corrected chi connectivity index (χ3v) is 4.54. The number of anilines is 2. The third-order valence-electron chi connectivity index (χ3n) is 4.54. The van der Waals surface area contributed by atoms with Crippen molar-refractivity contribution in [2.24, 2.45) is 0 Å². The topological polar surface area (TPSA) is 75.9 Å². The minimum atomic E-state index is 0.744. The molecular weight excluding hydrogens is 328 g/mol. The Morgan fingerprint density at radius 3 is 2.31 bits per heavy atom. The van der Waals surface area contributed by atoms with E-state index in [1.54, 1.807) is 10.9 Å². The van der Waals surface area contributed by atoms with E-state index >= 15 is 0 Å². The first-order valence-corrected chi connectivity index (χ1v) is 8.89. The molecule has 0 unspecified atom stereocenters. The van der Waals surface area contributed by atoms with E-state index in [1.807, 2.05) is 37.6 Å². The van der Waals surface area contributed by atoms with Gasteiger partial charge in [-0.2, -0.15) is 5.10 Å². The predicted molar refractivity (Wildman–Crippen MR) is 99.7 cm³/mol. The Balaban J connectivity index is 1.47. The SMILES string of the molecule is CCc1cnc(N2CCN(c3cc(-n4cccn4)nc(C)n3)CC2)nc1. The van der Waals surface area contributed by atoms with Crippen molar-refractivity contribution in [1.82, 2.24) is 29.7 Å². The maximum atomic E-state index is 4.61. The molecule has 0 aliphatic carbocycles. The highest BCUT2D eigenvalue weighted by molar-refractivity contribution is 5.46. The molecule has 0 bridgehead atoms. The lowest BCUT2D eigenvalue weighted by atomic mass is 10.3. The van der Waals surface area contributed by atoms with Crippen molar-refractivity contribution in [2.75, 3.05) is 36.0 Å². The summed E-state index contributed by atoms with van der Waals surface area (Å²) in [6, 6.07) is 3.88. The van der Waals surface area contributed by atoms with Gasteiger partial charge in [0.15, 0.2) is 5.82 Å². The van der Waals surface area contributed by atoms with Gasteiger partial charge in [0.1, 0.15) is 11.6 Å². The fourth-order valence-corrected chi connectivity index (χ4v) is 3.05. The molecule has 1 fully saturated rings. The van der Waals surface area contributed by atoms with Gasteiger partial charge in [-0.3, -0.25) is 0 Å². The number of rotatable bonds is 4. The lowest BCUT2D eigenvalue weighted by molar-refractivity contribution is 0.631. The average molecular weight is 350 g/mol. The maximum Gasteiger partial charge on any atom is 0.225 e. The fourth-order valence-electron chi connectivity index (χ4n) is 3.05. The van der Waals surface area contributed by atoms with Crippen molar-refractivity contribution in [3.8, 4) is 5.82 Å². The number of aryl methyl sites for hydroxylation is 2. The van der Waals surface area contributed by atoms with Crippen LogP contribution in [0.5, 0.6) is 0 Å². The number of piperazine rings is 1. The molecule has 0 spiro atoms. The van der Waals surface area contributed by atoms with Crippen LogP contribution in [0.3, 0.4) is 0 Å². The van der Waals surface area contributed by atoms with Crippen LogP contribution in [0, 0.1) is 6.92 Å². The van der Waals surface area contributed by atoms with Crippen molar-refractivity contribution in [3.63, 3.8) is 0 Å². The molecule has 0 aromatic carbocycles. The number of aromatic nitrogens is 6. The second kappa shape index (κ2) is 7.07. The van der Waals surface area contributed by atoms with Crippen molar-refractivity contribution in [3.05, 3.63) is 48.3 Å². The monoisotopic (exact) mass is 350 g/mol. The highest BCUT2D eigenvalue weighted by Gasteiger charge is 2.21. The molecule has 3 aromatic rings. The van der Waals surface area contributed by atoms with Crippen LogP contribution in [-0.4, -0.2) is 55.9 Å². The Bertz CT molecular complexity index is 851. The van der Waals surface area contributed by atoms with E-state index in [4.69, 9.17) is 0 Å². The molecule has 0 radical (unpaired) electrons. The molecule has 0 N–H and O–H groups in total. The maximum absolute atomic E-state index is 4.61. The van der Waals surface area contributed by atoms with Crippen LogP contribution >= 0.6 is 0 Å². The summed E-state index contributed by atoms with van der Waals surface area (Å²) in [5.74, 6) is 3.27. The van der Waals surface area contributed by atoms with Crippen LogP contribution in [0.1, 0.15) is 18.3 Å². The second-order valence-corrected chi connectivity index (χ2v) is 6.30. The Hall–Kier alpha value is -3.03. The molecule has 4 rings (SSSR count). The van der Waals surface area contributed by atoms with Gasteiger partial charge in [-0.15, -0.1) is 0 Å². The molecule has 0 saturated carbocycles. The standard InChI is InChI=1S/C18H22N8/c1-3-15-12-19-18(20-13-15)25-9-7-24(8-10-25)16-11-17(23-14(2)22-16)26-6-4-5-21-26/h4-6,11-13H,3,7-10H2,1-2H3. The molecule has 26 heavy (non-hydrogen) atoms. The first-order chi connectivity index (χ1) is 12.7. The number of nitrogens with zero attached hydrogens (tertiary/aromatic N) is 8. The molecule has 1 aliphatic heterocycles. The lowest BCUT2D eigenvalue weighted by Gasteiger charge is -2.35. The minimum Gasteiger partial charge on any atom is -0.353 e. The van der Waals surface area contributed by atoms with E-state index in [2.05, 4.69) is 41.8 Å². The first-order valence-electron chi connectivity index (χ1n) is 8.89. The van der Waals surface area contributed by atoms with Gasteiger partial charge in [0.2, 0.25) is 5.95 Å². The van der Waals surface area contributed by atoms with Crippen LogP contribution in [0.25, 0.3) is 5.82 Å². The minimum absolute atomic E-state index is 0.744. The first kappa shape index (κ1) is 16.4. The molecule has 4 heterocycles. The van der Waals surface area contributed by atoms with Crippen LogP contribution in [-0.2, 0) is 6.42 Å². The fraction of sp³-hybridized carbons (Fsp3) is 0.389. The molecule has 8 heteroatoms. The van der Waals surface area contributed by atoms with Crippen LogP contribution < -0.4 is 9.80 Å². The van der Waals surface area contributed by atoms with E-state index in [1.165, 1.54) is 0 Å². The predicted octanol–water partition coefficient (Wildman–Crippen LogP) is 1.65. The van der Waals surface area contributed by atoms with Gasteiger partial charge in [0.25, 0.3) is 0 Å². The molecule has 1 aliphatic rings. The van der Waals surface area contributed by atoms with Crippen LogP contribution in [0.15, 0.2) is 36.9 Å². The van der Waals surface area contributed by atoms with E-state index in [9.17, 15) is 0 Å². The van der Waals surface area contributed by atoms with E-state index in [-0.39, 0.29) is 0 Å². The normalized spacial score (nSPS) is 14.7. The summed E-state index contributed by atoms with van der Waals surface area (Å²) >= 11 is 0. The van der Waals surface area contributed by atoms with Gasteiger partial charge < -0.3 is 9.80 Å². The lowest BCUT2D eigenvalue weighted by Crippen LogP contribution is -2.47. The summed E-state index contributed by atoms with van der Waals surface area (Å²) in [6.07, 6.45) is 8.43. The molecule has 1 saturated heterocycles. The number of hydrogen-bond acceptors (Lipinski definition) is 7. The van der Waals surface area contributed by atoms with Crippen LogP contribution in [0.4, 0.5) is 11.8 Å². The molecular formula is C18H22N8. The van der Waals surface area contributed by atoms with Gasteiger partial charge in [-0.05, 0) is 25.0 Å². The smallest absolute Gasteiger partial charge is 0.225 e. The van der Waals surface area contributed by atoms with Crippen molar-refractivity contribution >= 4 is 11.8 Å². The van der Waals surface area contributed by atoms with E-state index in [0.29, 0.717) is 0 Å². The zero-order valence-electron chi connectivity index (χ0n) is 15.1. The summed E-state index contributed by atoms with van der Waals surface area (Å²) in [7, 11) is 0. The highest BCUT2D eigenvalue weighted by Crippen LogP contribution is 2.19. The molecule has 134 valence electrons. The van der Waals surface area contributed by atoms with Crippen molar-refractivity contribution in [2.45, 2.75) is 20.3 Å². The summed E-state index contributed by atoms with van der Waals surface area (Å²) < 4.78 is 1.76. The quantitative estimate of drug-likeness (QED) is 0.708. The van der Waals surface area contributed by atoms with Gasteiger partial charge in [-0.1, -0.05) is 6.92 Å². The summed E-state index contributed by atoms with van der Waals surface area (Å²) in [5.41, 5.74) is 1.16. The summed E-state index contributed by atoms with van der Waals surface area (Å²) in [6.45, 7) is 7.49. The summed E-state index contributed by atoms with van der Waals surface area (Å²) in [4.78, 5) is 22.6. The average Bonchev–Trinajstić information content (AvgIpc) is 3.23. The van der Waals surface area contributed by atoms with E-state index in [0.717, 1.165) is 61.6 Å². The van der Waals surface area contributed by atoms with Crippen molar-refractivity contribution in [1.29, 1.82) is 0 Å². The molecule has 0 amide bonds. The van der Waals surface area contributed by atoms with Gasteiger partial charge in [0, 0.05) is 57.0 Å². The second-order valence-electron chi connectivity index (χ2n) is 6.30. The molecule has 0 atom stereocenters. The van der Waals surface area contributed by atoms with E-state index < -0.39 is 0 Å². The zero-order chi connectivity index (χ0) is 17.9. The Labute approximate surface area is 152 Å². The Morgan fingerprint density at radius 1 is 0.962 bits per heavy atom. The third kappa shape index (κ3) is 3.35. The van der Waals surface area contributed by atoms with Gasteiger partial charge in [-0.25, -0.2) is 24.6 Å². The molecule has 8 nitrogen and oxygen atoms in total. The van der Waals surface area contributed by atoms with Crippen LogP contribution in [0.2, 0.25) is 0 Å². The molecule has 3 aromatic heterocycles. The van der Waals surface area contributed by atoms with Crippen molar-refractivity contribution < 1.29 is 0 Å². The summed E-state index contributed by atoms with van der Waals surface area (Å²) in [5, 5.41) is 4.26. The van der Waals surface area contributed by atoms with Gasteiger partial charge in [0.05, 0.1) is 0 Å².